The number of fused-ring (bicyclic) bond motifs is 1. The van der Waals surface area contributed by atoms with E-state index in [2.05, 4.69) is 41.7 Å². The number of aromatic nitrogens is 5. The van der Waals surface area contributed by atoms with E-state index in [0.717, 1.165) is 0 Å². The van der Waals surface area contributed by atoms with Gasteiger partial charge >= 0.3 is 5.92 Å². The molecule has 0 bridgehead atoms. The summed E-state index contributed by atoms with van der Waals surface area (Å²) in [5.74, 6) is -8.94. The number of aryl methyl sites for hydroxylation is 1. The van der Waals surface area contributed by atoms with Gasteiger partial charge in [0.05, 0.1) is 41.7 Å². The van der Waals surface area contributed by atoms with Crippen LogP contribution in [0.1, 0.15) is 97.3 Å². The maximum absolute atomic E-state index is 14.7. The van der Waals surface area contributed by atoms with E-state index < -0.39 is 47.6 Å². The molecule has 2 atom stereocenters. The second-order valence-corrected chi connectivity index (χ2v) is 12.1. The zero-order valence-electron chi connectivity index (χ0n) is 23.3. The standard InChI is InChI=1S/C28H30F4N8O3/c1-15-21(39-43-38-15)24(41)36-22(17-4-6-27(29,30)7-5-17)19-13-40-20(35-19)10-18(12-34-40)23(26(14-33)8-9-26)37-25(42)28(31,32)11-16-2-3-16/h10,12-13,16-17,22-23H,2-9,11H2,1H3,(H,36,41)(H,37,42)/t22-,23+/m0/s1. The molecular weight excluding hydrogens is 572 g/mol. The Morgan fingerprint density at radius 2 is 1.88 bits per heavy atom. The molecule has 0 saturated heterocycles. The predicted molar refractivity (Wildman–Crippen MR) is 140 cm³/mol. The zero-order valence-corrected chi connectivity index (χ0v) is 23.3. The minimum absolute atomic E-state index is 0.0429. The molecule has 3 aromatic heterocycles. The van der Waals surface area contributed by atoms with Crippen LogP contribution in [-0.4, -0.2) is 48.6 Å². The van der Waals surface area contributed by atoms with Gasteiger partial charge in [-0.3, -0.25) is 9.59 Å². The third kappa shape index (κ3) is 5.92. The Labute approximate surface area is 243 Å². The maximum Gasteiger partial charge on any atom is 0.324 e. The number of amides is 2. The summed E-state index contributed by atoms with van der Waals surface area (Å²) in [7, 11) is 0. The van der Waals surface area contributed by atoms with Gasteiger partial charge in [-0.2, -0.15) is 19.1 Å². The van der Waals surface area contributed by atoms with Crippen molar-refractivity contribution in [3.8, 4) is 6.07 Å². The normalized spacial score (nSPS) is 21.1. The number of rotatable bonds is 10. The quantitative estimate of drug-likeness (QED) is 0.319. The van der Waals surface area contributed by atoms with Crippen molar-refractivity contribution < 1.29 is 31.8 Å². The van der Waals surface area contributed by atoms with Crippen molar-refractivity contribution in [2.75, 3.05) is 0 Å². The minimum atomic E-state index is -3.57. The Bertz CT molecular complexity index is 1580. The van der Waals surface area contributed by atoms with E-state index in [1.54, 1.807) is 19.2 Å². The largest absolute Gasteiger partial charge is 0.342 e. The molecule has 0 aliphatic heterocycles. The molecule has 6 rings (SSSR count). The molecule has 0 spiro atoms. The first-order chi connectivity index (χ1) is 20.4. The van der Waals surface area contributed by atoms with Crippen molar-refractivity contribution in [2.24, 2.45) is 17.3 Å². The number of imidazole rings is 1. The predicted octanol–water partition coefficient (Wildman–Crippen LogP) is 4.61. The molecule has 11 nitrogen and oxygen atoms in total. The van der Waals surface area contributed by atoms with E-state index in [0.29, 0.717) is 36.9 Å². The molecule has 2 amide bonds. The van der Waals surface area contributed by atoms with Crippen LogP contribution in [0.15, 0.2) is 23.1 Å². The SMILES string of the molecule is Cc1nonc1C(=O)N[C@H](c1cn2ncc([C@@H](NC(=O)C(F)(F)CC3CC3)C3(C#N)CC3)cc2n1)C1CCC(F)(F)CC1. The van der Waals surface area contributed by atoms with E-state index in [1.165, 1.54) is 10.7 Å². The van der Waals surface area contributed by atoms with E-state index in [4.69, 9.17) is 0 Å². The van der Waals surface area contributed by atoms with E-state index in [1.807, 2.05) is 0 Å². The molecule has 3 fully saturated rings. The summed E-state index contributed by atoms with van der Waals surface area (Å²) in [5.41, 5.74) is 0.119. The summed E-state index contributed by atoms with van der Waals surface area (Å²) < 4.78 is 63.4. The highest BCUT2D eigenvalue weighted by Gasteiger charge is 2.54. The molecular formula is C28H30F4N8O3. The zero-order chi connectivity index (χ0) is 30.6. The average Bonchev–Trinajstić information content (AvgIpc) is 3.86. The summed E-state index contributed by atoms with van der Waals surface area (Å²) in [6, 6.07) is 1.91. The van der Waals surface area contributed by atoms with Crippen LogP contribution in [0.5, 0.6) is 0 Å². The third-order valence-corrected chi connectivity index (χ3v) is 8.81. The van der Waals surface area contributed by atoms with Crippen LogP contribution in [-0.2, 0) is 4.79 Å². The maximum atomic E-state index is 14.7. The van der Waals surface area contributed by atoms with E-state index in [9.17, 15) is 32.4 Å². The highest BCUT2D eigenvalue weighted by molar-refractivity contribution is 5.93. The number of nitriles is 1. The Morgan fingerprint density at radius 1 is 1.16 bits per heavy atom. The lowest BCUT2D eigenvalue weighted by atomic mass is 9.81. The van der Waals surface area contributed by atoms with Gasteiger partial charge in [-0.15, -0.1) is 0 Å². The Hall–Kier alpha value is -4.09. The number of hydrogen-bond donors (Lipinski definition) is 2. The van der Waals surface area contributed by atoms with Gasteiger partial charge in [-0.05, 0) is 74.1 Å². The van der Waals surface area contributed by atoms with Gasteiger partial charge in [0.15, 0.2) is 11.3 Å². The van der Waals surface area contributed by atoms with Crippen molar-refractivity contribution in [2.45, 2.75) is 88.6 Å². The third-order valence-electron chi connectivity index (χ3n) is 8.81. The number of carbonyl (C=O) groups excluding carboxylic acids is 2. The molecule has 0 radical (unpaired) electrons. The molecule has 0 aromatic carbocycles. The average molecular weight is 603 g/mol. The molecule has 3 aliphatic carbocycles. The molecule has 15 heteroatoms. The van der Waals surface area contributed by atoms with Crippen molar-refractivity contribution >= 4 is 17.5 Å². The Morgan fingerprint density at radius 3 is 2.49 bits per heavy atom. The van der Waals surface area contributed by atoms with Crippen molar-refractivity contribution in [3.05, 3.63) is 41.1 Å². The topological polar surface area (TPSA) is 151 Å². The van der Waals surface area contributed by atoms with Crippen molar-refractivity contribution in [3.63, 3.8) is 0 Å². The van der Waals surface area contributed by atoms with Gasteiger partial charge < -0.3 is 10.6 Å². The first-order valence-corrected chi connectivity index (χ1v) is 14.3. The second-order valence-electron chi connectivity index (χ2n) is 12.1. The van der Waals surface area contributed by atoms with Gasteiger partial charge in [0.25, 0.3) is 11.8 Å². The van der Waals surface area contributed by atoms with Crippen molar-refractivity contribution in [1.82, 2.24) is 35.5 Å². The van der Waals surface area contributed by atoms with Gasteiger partial charge in [0.1, 0.15) is 5.69 Å². The Balaban J connectivity index is 1.30. The molecule has 3 heterocycles. The highest BCUT2D eigenvalue weighted by atomic mass is 19.3. The number of alkyl halides is 4. The monoisotopic (exact) mass is 602 g/mol. The van der Waals surface area contributed by atoms with E-state index >= 15 is 0 Å². The summed E-state index contributed by atoms with van der Waals surface area (Å²) in [4.78, 5) is 30.3. The molecule has 0 unspecified atom stereocenters. The van der Waals surface area contributed by atoms with E-state index in [-0.39, 0.29) is 54.6 Å². The van der Waals surface area contributed by atoms with Crippen LogP contribution < -0.4 is 10.6 Å². The first kappa shape index (κ1) is 29.0. The fraction of sp³-hybridized carbons (Fsp3) is 0.607. The number of nitrogens with one attached hydrogen (secondary N) is 2. The summed E-state index contributed by atoms with van der Waals surface area (Å²) in [6.07, 6.45) is 4.17. The lowest BCUT2D eigenvalue weighted by Crippen LogP contribution is -2.44. The lowest BCUT2D eigenvalue weighted by molar-refractivity contribution is -0.148. The summed E-state index contributed by atoms with van der Waals surface area (Å²) in [6.45, 7) is 1.54. The molecule has 3 aromatic rings. The number of halogens is 4. The highest BCUT2D eigenvalue weighted by Crippen LogP contribution is 2.55. The van der Waals surface area contributed by atoms with Gasteiger partial charge in [-0.25, -0.2) is 22.9 Å². The van der Waals surface area contributed by atoms with Crippen LogP contribution in [0.25, 0.3) is 5.65 Å². The fourth-order valence-electron chi connectivity index (χ4n) is 5.85. The smallest absolute Gasteiger partial charge is 0.324 e. The number of hydrogen-bond acceptors (Lipinski definition) is 8. The molecule has 228 valence electrons. The second kappa shape index (κ2) is 10.6. The van der Waals surface area contributed by atoms with Crippen LogP contribution in [0.4, 0.5) is 17.6 Å². The minimum Gasteiger partial charge on any atom is -0.342 e. The van der Waals surface area contributed by atoms with Gasteiger partial charge in [-0.1, -0.05) is 5.16 Å². The van der Waals surface area contributed by atoms with Crippen LogP contribution in [0.2, 0.25) is 0 Å². The molecule has 3 saturated carbocycles. The lowest BCUT2D eigenvalue weighted by Gasteiger charge is -2.33. The Kier molecular flexibility index (Phi) is 7.13. The molecule has 2 N–H and O–H groups in total. The van der Waals surface area contributed by atoms with Crippen LogP contribution >= 0.6 is 0 Å². The van der Waals surface area contributed by atoms with Crippen molar-refractivity contribution in [1.29, 1.82) is 5.26 Å². The number of carbonyl (C=O) groups is 2. The van der Waals surface area contributed by atoms with Gasteiger partial charge in [0.2, 0.25) is 5.92 Å². The number of nitrogens with zero attached hydrogens (tertiary/aromatic N) is 6. The summed E-state index contributed by atoms with van der Waals surface area (Å²) in [5, 5.41) is 26.7. The molecule has 43 heavy (non-hydrogen) atoms. The summed E-state index contributed by atoms with van der Waals surface area (Å²) >= 11 is 0. The fourth-order valence-corrected chi connectivity index (χ4v) is 5.85. The van der Waals surface area contributed by atoms with Gasteiger partial charge in [0, 0.05) is 19.3 Å². The molecule has 3 aliphatic rings. The van der Waals surface area contributed by atoms with Crippen LogP contribution in [0, 0.1) is 35.5 Å². The van der Waals surface area contributed by atoms with Crippen LogP contribution in [0.3, 0.4) is 0 Å². The first-order valence-electron chi connectivity index (χ1n) is 14.3.